The SMILES string of the molecule is O=C(CCCc1ccc(Cl)cc1)N1CCC(c2nnc3ccccn23)CC1. The van der Waals surface area contributed by atoms with E-state index in [2.05, 4.69) is 14.6 Å². The Morgan fingerprint density at radius 1 is 1.07 bits per heavy atom. The minimum atomic E-state index is 0.258. The molecule has 1 aliphatic rings. The van der Waals surface area contributed by atoms with E-state index in [1.165, 1.54) is 5.56 Å². The van der Waals surface area contributed by atoms with Crippen molar-refractivity contribution in [1.29, 1.82) is 0 Å². The second kappa shape index (κ2) is 8.09. The second-order valence-corrected chi connectivity index (χ2v) is 7.56. The minimum absolute atomic E-state index is 0.258. The number of hydrogen-bond donors (Lipinski definition) is 0. The van der Waals surface area contributed by atoms with Crippen LogP contribution in [0.4, 0.5) is 0 Å². The minimum Gasteiger partial charge on any atom is -0.343 e. The summed E-state index contributed by atoms with van der Waals surface area (Å²) in [7, 11) is 0. The molecule has 0 N–H and O–H groups in total. The van der Waals surface area contributed by atoms with Crippen LogP contribution in [-0.2, 0) is 11.2 Å². The fourth-order valence-corrected chi connectivity index (χ4v) is 3.90. The van der Waals surface area contributed by atoms with Crippen LogP contribution < -0.4 is 0 Å². The average Bonchev–Trinajstić information content (AvgIpc) is 3.14. The van der Waals surface area contributed by atoms with Gasteiger partial charge in [-0.25, -0.2) is 0 Å². The van der Waals surface area contributed by atoms with E-state index < -0.39 is 0 Å². The molecule has 2 aromatic heterocycles. The van der Waals surface area contributed by atoms with E-state index in [0.29, 0.717) is 12.3 Å². The number of hydrogen-bond acceptors (Lipinski definition) is 3. The van der Waals surface area contributed by atoms with Gasteiger partial charge in [-0.15, -0.1) is 10.2 Å². The van der Waals surface area contributed by atoms with E-state index in [-0.39, 0.29) is 5.91 Å². The topological polar surface area (TPSA) is 50.5 Å². The van der Waals surface area contributed by atoms with Crippen LogP contribution in [0.25, 0.3) is 5.65 Å². The molecule has 3 aromatic rings. The third-order valence-corrected chi connectivity index (χ3v) is 5.57. The van der Waals surface area contributed by atoms with Crippen LogP contribution in [0.5, 0.6) is 0 Å². The number of pyridine rings is 1. The van der Waals surface area contributed by atoms with Gasteiger partial charge in [-0.1, -0.05) is 29.8 Å². The first-order chi connectivity index (χ1) is 13.2. The van der Waals surface area contributed by atoms with Gasteiger partial charge in [0, 0.05) is 36.6 Å². The van der Waals surface area contributed by atoms with Crippen LogP contribution >= 0.6 is 11.6 Å². The predicted octanol–water partition coefficient (Wildman–Crippen LogP) is 4.11. The van der Waals surface area contributed by atoms with E-state index in [4.69, 9.17) is 11.6 Å². The molecule has 1 aromatic carbocycles. The van der Waals surface area contributed by atoms with Gasteiger partial charge in [0.2, 0.25) is 5.91 Å². The Bertz CT molecular complexity index is 913. The van der Waals surface area contributed by atoms with Crippen molar-refractivity contribution in [3.63, 3.8) is 0 Å². The van der Waals surface area contributed by atoms with Gasteiger partial charge in [0.25, 0.3) is 0 Å². The largest absolute Gasteiger partial charge is 0.343 e. The standard InChI is InChI=1S/C21H23ClN4O/c22-18-9-7-16(8-10-18)4-3-6-20(27)25-14-11-17(12-15-25)21-24-23-19-5-1-2-13-26(19)21/h1-2,5,7-10,13,17H,3-4,6,11-12,14-15H2. The van der Waals surface area contributed by atoms with Gasteiger partial charge in [-0.05, 0) is 55.5 Å². The molecule has 1 aliphatic heterocycles. The first kappa shape index (κ1) is 18.0. The Kier molecular flexibility index (Phi) is 5.39. The Morgan fingerprint density at radius 3 is 2.63 bits per heavy atom. The van der Waals surface area contributed by atoms with Crippen molar-refractivity contribution in [3.05, 3.63) is 65.1 Å². The molecule has 5 nitrogen and oxygen atoms in total. The van der Waals surface area contributed by atoms with Gasteiger partial charge in [-0.3, -0.25) is 9.20 Å². The monoisotopic (exact) mass is 382 g/mol. The molecule has 1 saturated heterocycles. The molecule has 4 rings (SSSR count). The number of rotatable bonds is 5. The number of aromatic nitrogens is 3. The molecule has 0 aliphatic carbocycles. The maximum Gasteiger partial charge on any atom is 0.222 e. The van der Waals surface area contributed by atoms with Crippen LogP contribution in [-0.4, -0.2) is 38.5 Å². The Morgan fingerprint density at radius 2 is 1.85 bits per heavy atom. The molecule has 1 amide bonds. The maximum absolute atomic E-state index is 12.5. The Labute approximate surface area is 164 Å². The fourth-order valence-electron chi connectivity index (χ4n) is 3.78. The number of nitrogens with zero attached hydrogens (tertiary/aromatic N) is 4. The number of benzene rings is 1. The summed E-state index contributed by atoms with van der Waals surface area (Å²) in [5.74, 6) is 1.63. The van der Waals surface area contributed by atoms with Crippen molar-refractivity contribution >= 4 is 23.2 Å². The van der Waals surface area contributed by atoms with Crippen molar-refractivity contribution < 1.29 is 4.79 Å². The van der Waals surface area contributed by atoms with Gasteiger partial charge in [0.15, 0.2) is 5.65 Å². The van der Waals surface area contributed by atoms with Crippen LogP contribution in [0, 0.1) is 0 Å². The zero-order valence-corrected chi connectivity index (χ0v) is 16.0. The molecule has 3 heterocycles. The summed E-state index contributed by atoms with van der Waals surface area (Å²) in [4.78, 5) is 14.5. The smallest absolute Gasteiger partial charge is 0.222 e. The van der Waals surface area contributed by atoms with E-state index >= 15 is 0 Å². The molecule has 0 saturated carbocycles. The zero-order chi connectivity index (χ0) is 18.6. The van der Waals surface area contributed by atoms with Crippen molar-refractivity contribution in [3.8, 4) is 0 Å². The Hall–Kier alpha value is -2.40. The third-order valence-electron chi connectivity index (χ3n) is 5.32. The first-order valence-corrected chi connectivity index (χ1v) is 9.90. The molecular weight excluding hydrogens is 360 g/mol. The quantitative estimate of drug-likeness (QED) is 0.667. The summed E-state index contributed by atoms with van der Waals surface area (Å²) < 4.78 is 2.06. The van der Waals surface area contributed by atoms with Crippen molar-refractivity contribution in [2.45, 2.75) is 38.0 Å². The van der Waals surface area contributed by atoms with Crippen molar-refractivity contribution in [2.24, 2.45) is 0 Å². The highest BCUT2D eigenvalue weighted by molar-refractivity contribution is 6.30. The van der Waals surface area contributed by atoms with E-state index in [1.54, 1.807) is 0 Å². The van der Waals surface area contributed by atoms with Gasteiger partial charge in [0.05, 0.1) is 0 Å². The first-order valence-electron chi connectivity index (χ1n) is 9.52. The van der Waals surface area contributed by atoms with Gasteiger partial charge < -0.3 is 4.90 Å². The summed E-state index contributed by atoms with van der Waals surface area (Å²) in [5.41, 5.74) is 2.11. The molecule has 140 valence electrons. The summed E-state index contributed by atoms with van der Waals surface area (Å²) >= 11 is 5.91. The van der Waals surface area contributed by atoms with Crippen LogP contribution in [0.2, 0.25) is 5.02 Å². The van der Waals surface area contributed by atoms with Crippen LogP contribution in [0.3, 0.4) is 0 Å². The molecule has 0 atom stereocenters. The van der Waals surface area contributed by atoms with Gasteiger partial charge >= 0.3 is 0 Å². The number of piperidine rings is 1. The van der Waals surface area contributed by atoms with E-state index in [0.717, 1.165) is 55.3 Å². The molecule has 0 spiro atoms. The van der Waals surface area contributed by atoms with Crippen molar-refractivity contribution in [2.75, 3.05) is 13.1 Å². The molecule has 0 radical (unpaired) electrons. The number of likely N-dealkylation sites (tertiary alicyclic amines) is 1. The molecule has 0 unspecified atom stereocenters. The van der Waals surface area contributed by atoms with E-state index in [1.807, 2.05) is 53.6 Å². The molecule has 1 fully saturated rings. The number of fused-ring (bicyclic) bond motifs is 1. The predicted molar refractivity (Wildman–Crippen MR) is 106 cm³/mol. The number of carbonyl (C=O) groups is 1. The highest BCUT2D eigenvalue weighted by atomic mass is 35.5. The second-order valence-electron chi connectivity index (χ2n) is 7.12. The zero-order valence-electron chi connectivity index (χ0n) is 15.2. The number of carbonyl (C=O) groups excluding carboxylic acids is 1. The average molecular weight is 383 g/mol. The lowest BCUT2D eigenvalue weighted by Crippen LogP contribution is -2.38. The highest BCUT2D eigenvalue weighted by Gasteiger charge is 2.26. The summed E-state index contributed by atoms with van der Waals surface area (Å²) in [6.07, 6.45) is 6.28. The summed E-state index contributed by atoms with van der Waals surface area (Å²) in [6.45, 7) is 1.60. The molecule has 6 heteroatoms. The highest BCUT2D eigenvalue weighted by Crippen LogP contribution is 2.27. The Balaban J connectivity index is 1.27. The number of aryl methyl sites for hydroxylation is 1. The van der Waals surface area contributed by atoms with Crippen molar-refractivity contribution in [1.82, 2.24) is 19.5 Å². The van der Waals surface area contributed by atoms with E-state index in [9.17, 15) is 4.79 Å². The van der Waals surface area contributed by atoms with Gasteiger partial charge in [-0.2, -0.15) is 0 Å². The van der Waals surface area contributed by atoms with Crippen LogP contribution in [0.15, 0.2) is 48.7 Å². The lowest BCUT2D eigenvalue weighted by Gasteiger charge is -2.31. The lowest BCUT2D eigenvalue weighted by molar-refractivity contribution is -0.132. The summed E-state index contributed by atoms with van der Waals surface area (Å²) in [5, 5.41) is 9.37. The third kappa shape index (κ3) is 4.14. The summed E-state index contributed by atoms with van der Waals surface area (Å²) in [6, 6.07) is 13.8. The molecular formula is C21H23ClN4O. The number of halogens is 1. The van der Waals surface area contributed by atoms with Gasteiger partial charge in [0.1, 0.15) is 5.82 Å². The van der Waals surface area contributed by atoms with Crippen LogP contribution in [0.1, 0.15) is 43.0 Å². The fraction of sp³-hybridized carbons (Fsp3) is 0.381. The number of amides is 1. The lowest BCUT2D eigenvalue weighted by atomic mass is 9.95. The maximum atomic E-state index is 12.5. The molecule has 27 heavy (non-hydrogen) atoms. The molecule has 0 bridgehead atoms. The normalized spacial score (nSPS) is 15.4.